The zero-order valence-corrected chi connectivity index (χ0v) is 26.2. The van der Waals surface area contributed by atoms with Gasteiger partial charge in [-0.15, -0.1) is 0 Å². The number of benzene rings is 2. The lowest BCUT2D eigenvalue weighted by molar-refractivity contribution is -0.140. The smallest absolute Gasteiger partial charge is 0.279 e. The van der Waals surface area contributed by atoms with Gasteiger partial charge in [-0.25, -0.2) is 4.98 Å². The molecule has 45 heavy (non-hydrogen) atoms. The SMILES string of the molecule is CC(C)(C)N(C(=O)c1ccc2ccccc2n1)C(=O)C1CCCCN1C[C@@H](O)[C@H](Cc1ccccc1)NC(=O)[C@@H](N)CC(N)=O. The van der Waals surface area contributed by atoms with Crippen LogP contribution in [0, 0.1) is 0 Å². The third-order valence-corrected chi connectivity index (χ3v) is 8.08. The van der Waals surface area contributed by atoms with Crippen molar-refractivity contribution in [2.75, 3.05) is 13.1 Å². The highest BCUT2D eigenvalue weighted by Gasteiger charge is 2.41. The number of likely N-dealkylation sites (tertiary alicyclic amines) is 1. The van der Waals surface area contributed by atoms with Gasteiger partial charge in [0.15, 0.2) is 0 Å². The van der Waals surface area contributed by atoms with Crippen LogP contribution in [0.25, 0.3) is 10.9 Å². The zero-order valence-electron chi connectivity index (χ0n) is 26.2. The van der Waals surface area contributed by atoms with E-state index in [1.807, 2.05) is 86.3 Å². The molecule has 11 heteroatoms. The van der Waals surface area contributed by atoms with Gasteiger partial charge in [0.25, 0.3) is 5.91 Å². The topological polar surface area (TPSA) is 172 Å². The van der Waals surface area contributed by atoms with Crippen molar-refractivity contribution >= 4 is 34.5 Å². The molecular weight excluding hydrogens is 572 g/mol. The molecule has 0 radical (unpaired) electrons. The molecule has 4 rings (SSSR count). The van der Waals surface area contributed by atoms with E-state index in [1.54, 1.807) is 6.07 Å². The average molecular weight is 617 g/mol. The van der Waals surface area contributed by atoms with Crippen LogP contribution in [0.3, 0.4) is 0 Å². The van der Waals surface area contributed by atoms with E-state index in [4.69, 9.17) is 11.5 Å². The molecular formula is C34H44N6O5. The van der Waals surface area contributed by atoms with Crippen LogP contribution in [0.15, 0.2) is 66.7 Å². The number of hydrogen-bond donors (Lipinski definition) is 4. The molecule has 6 N–H and O–H groups in total. The number of piperidine rings is 1. The molecule has 2 heterocycles. The van der Waals surface area contributed by atoms with Crippen molar-refractivity contribution in [3.8, 4) is 0 Å². The lowest BCUT2D eigenvalue weighted by atomic mass is 9.95. The minimum absolute atomic E-state index is 0.0691. The highest BCUT2D eigenvalue weighted by atomic mass is 16.3. The van der Waals surface area contributed by atoms with Crippen LogP contribution in [0.4, 0.5) is 0 Å². The Morgan fingerprint density at radius 1 is 1.02 bits per heavy atom. The lowest BCUT2D eigenvalue weighted by Crippen LogP contribution is -2.60. The number of β-amino-alcohol motifs (C(OH)–C–C–N with tert-alkyl or cyclic N) is 1. The Kier molecular flexibility index (Phi) is 11.0. The van der Waals surface area contributed by atoms with Gasteiger partial charge in [-0.3, -0.25) is 29.0 Å². The van der Waals surface area contributed by atoms with Crippen LogP contribution in [0.5, 0.6) is 0 Å². The molecule has 0 aliphatic carbocycles. The lowest BCUT2D eigenvalue weighted by Gasteiger charge is -2.42. The fraction of sp³-hybridized carbons (Fsp3) is 0.441. The number of carbonyl (C=O) groups excluding carboxylic acids is 4. The average Bonchev–Trinajstić information content (AvgIpc) is 3.00. The highest BCUT2D eigenvalue weighted by molar-refractivity contribution is 6.06. The standard InChI is InChI=1S/C34H44N6O5/c1-34(2,3)40(32(44)26-17-16-23-13-7-8-14-25(23)37-26)33(45)28-15-9-10-18-39(28)21-29(41)27(19-22-11-5-4-6-12-22)38-31(43)24(35)20-30(36)42/h4-8,11-14,16-17,24,27-29,41H,9-10,15,18-21,35H2,1-3H3,(H2,36,42)(H,38,43)/t24-,27-,28?,29+/m0/s1. The maximum Gasteiger partial charge on any atom is 0.279 e. The molecule has 1 fully saturated rings. The number of carbonyl (C=O) groups is 4. The Morgan fingerprint density at radius 3 is 2.40 bits per heavy atom. The predicted octanol–water partition coefficient (Wildman–Crippen LogP) is 2.15. The minimum Gasteiger partial charge on any atom is -0.390 e. The number of imide groups is 1. The normalized spacial score (nSPS) is 17.7. The molecule has 11 nitrogen and oxygen atoms in total. The fourth-order valence-electron chi connectivity index (χ4n) is 5.79. The van der Waals surface area contributed by atoms with Gasteiger partial charge in [-0.05, 0) is 64.3 Å². The van der Waals surface area contributed by atoms with Crippen molar-refractivity contribution in [1.29, 1.82) is 0 Å². The van der Waals surface area contributed by atoms with E-state index >= 15 is 0 Å². The molecule has 1 aliphatic heterocycles. The summed E-state index contributed by atoms with van der Waals surface area (Å²) in [6, 6.07) is 17.7. The first kappa shape index (κ1) is 33.7. The van der Waals surface area contributed by atoms with E-state index < -0.39 is 47.5 Å². The molecule has 1 aliphatic rings. The summed E-state index contributed by atoms with van der Waals surface area (Å²) in [5.74, 6) is -2.15. The number of fused-ring (bicyclic) bond motifs is 1. The maximum absolute atomic E-state index is 14.3. The van der Waals surface area contributed by atoms with Gasteiger partial charge in [0.2, 0.25) is 17.7 Å². The van der Waals surface area contributed by atoms with Crippen LogP contribution in [0.2, 0.25) is 0 Å². The quantitative estimate of drug-likeness (QED) is 0.237. The molecule has 0 bridgehead atoms. The van der Waals surface area contributed by atoms with Crippen LogP contribution >= 0.6 is 0 Å². The third-order valence-electron chi connectivity index (χ3n) is 8.08. The van der Waals surface area contributed by atoms with E-state index in [-0.39, 0.29) is 24.6 Å². The number of nitrogens with two attached hydrogens (primary N) is 2. The van der Waals surface area contributed by atoms with Crippen LogP contribution in [-0.2, 0) is 20.8 Å². The maximum atomic E-state index is 14.3. The molecule has 2 aromatic carbocycles. The number of hydrogen-bond acceptors (Lipinski definition) is 8. The zero-order chi connectivity index (χ0) is 32.7. The summed E-state index contributed by atoms with van der Waals surface area (Å²) < 4.78 is 0. The summed E-state index contributed by atoms with van der Waals surface area (Å²) in [7, 11) is 0. The summed E-state index contributed by atoms with van der Waals surface area (Å²) in [6.07, 6.45) is 0.982. The monoisotopic (exact) mass is 616 g/mol. The number of rotatable bonds is 11. The Hall–Kier alpha value is -4.19. The Labute approximate surface area is 264 Å². The minimum atomic E-state index is -1.16. The van der Waals surface area contributed by atoms with Gasteiger partial charge in [-0.1, -0.05) is 61.0 Å². The van der Waals surface area contributed by atoms with Gasteiger partial charge >= 0.3 is 0 Å². The van der Waals surface area contributed by atoms with E-state index in [0.717, 1.165) is 23.8 Å². The Morgan fingerprint density at radius 2 is 1.71 bits per heavy atom. The van der Waals surface area contributed by atoms with Crippen molar-refractivity contribution in [3.63, 3.8) is 0 Å². The first-order valence-electron chi connectivity index (χ1n) is 15.4. The van der Waals surface area contributed by atoms with E-state index in [0.29, 0.717) is 24.9 Å². The third kappa shape index (κ3) is 8.72. The molecule has 4 amide bonds. The van der Waals surface area contributed by atoms with Gasteiger partial charge in [-0.2, -0.15) is 0 Å². The van der Waals surface area contributed by atoms with E-state index in [1.165, 1.54) is 4.90 Å². The number of pyridine rings is 1. The first-order valence-corrected chi connectivity index (χ1v) is 15.4. The first-order chi connectivity index (χ1) is 21.3. The number of aromatic nitrogens is 1. The van der Waals surface area contributed by atoms with Gasteiger partial charge in [0, 0.05) is 17.5 Å². The molecule has 240 valence electrons. The van der Waals surface area contributed by atoms with Gasteiger partial charge < -0.3 is 21.9 Å². The summed E-state index contributed by atoms with van der Waals surface area (Å²) in [5, 5.41) is 15.2. The Balaban J connectivity index is 1.57. The molecule has 1 unspecified atom stereocenters. The summed E-state index contributed by atoms with van der Waals surface area (Å²) in [4.78, 5) is 60.1. The molecule has 4 atom stereocenters. The van der Waals surface area contributed by atoms with Crippen molar-refractivity contribution in [3.05, 3.63) is 78.0 Å². The summed E-state index contributed by atoms with van der Waals surface area (Å²) >= 11 is 0. The molecule has 0 saturated carbocycles. The molecule has 0 spiro atoms. The summed E-state index contributed by atoms with van der Waals surface area (Å²) in [6.45, 7) is 6.03. The fourth-order valence-corrected chi connectivity index (χ4v) is 5.79. The summed E-state index contributed by atoms with van der Waals surface area (Å²) in [5.41, 5.74) is 12.0. The number of para-hydroxylation sites is 1. The largest absolute Gasteiger partial charge is 0.390 e. The number of nitrogens with one attached hydrogen (secondary N) is 1. The number of nitrogens with zero attached hydrogens (tertiary/aromatic N) is 3. The van der Waals surface area contributed by atoms with Gasteiger partial charge in [0.1, 0.15) is 5.69 Å². The van der Waals surface area contributed by atoms with E-state index in [2.05, 4.69) is 10.3 Å². The van der Waals surface area contributed by atoms with Crippen molar-refractivity contribution < 1.29 is 24.3 Å². The molecule has 3 aromatic rings. The van der Waals surface area contributed by atoms with Crippen molar-refractivity contribution in [2.24, 2.45) is 11.5 Å². The molecule has 1 aromatic heterocycles. The number of primary amides is 1. The second kappa shape index (κ2) is 14.7. The van der Waals surface area contributed by atoms with Crippen LogP contribution < -0.4 is 16.8 Å². The number of amides is 4. The van der Waals surface area contributed by atoms with Gasteiger partial charge in [0.05, 0.1) is 36.2 Å². The van der Waals surface area contributed by atoms with Crippen molar-refractivity contribution in [2.45, 2.75) is 82.6 Å². The van der Waals surface area contributed by atoms with Crippen LogP contribution in [-0.4, -0.2) is 86.4 Å². The molecule has 1 saturated heterocycles. The highest BCUT2D eigenvalue weighted by Crippen LogP contribution is 2.26. The van der Waals surface area contributed by atoms with Crippen molar-refractivity contribution in [1.82, 2.24) is 20.1 Å². The number of aliphatic hydroxyl groups is 1. The van der Waals surface area contributed by atoms with E-state index in [9.17, 15) is 24.3 Å². The van der Waals surface area contributed by atoms with Crippen LogP contribution in [0.1, 0.15) is 62.5 Å². The Bertz CT molecular complexity index is 1510. The second-order valence-electron chi connectivity index (χ2n) is 12.7. The second-order valence-corrected chi connectivity index (χ2v) is 12.7. The predicted molar refractivity (Wildman–Crippen MR) is 172 cm³/mol. The number of aliphatic hydroxyl groups excluding tert-OH is 1.